The lowest BCUT2D eigenvalue weighted by Gasteiger charge is -2.35. The van der Waals surface area contributed by atoms with Gasteiger partial charge < -0.3 is 10.0 Å². The molecule has 5 rings (SSSR count). The summed E-state index contributed by atoms with van der Waals surface area (Å²) < 4.78 is 13.5. The van der Waals surface area contributed by atoms with Gasteiger partial charge in [0, 0.05) is 12.8 Å². The van der Waals surface area contributed by atoms with E-state index in [0.29, 0.717) is 11.3 Å². The summed E-state index contributed by atoms with van der Waals surface area (Å²) in [6.45, 7) is 0. The molecule has 2 unspecified atom stereocenters. The number of carboxylic acids is 1. The average molecular weight is 444 g/mol. The monoisotopic (exact) mass is 443 g/mol. The molecule has 1 saturated heterocycles. The quantitative estimate of drug-likeness (QED) is 0.461. The Hall–Kier alpha value is -3.51. The standard InChI is InChI=1S/C26H21NO4S/c28-23-17-21-16-22(24(25(29)30)27(21)23)32(31)26(18-10-4-1-5-11-18,19-12-6-2-7-13-19)20-14-8-3-9-15-20/h1-15,21H,16-17H2,(H,29,30). The first-order valence-electron chi connectivity index (χ1n) is 10.4. The maximum atomic E-state index is 14.7. The second kappa shape index (κ2) is 7.88. The molecule has 0 radical (unpaired) electrons. The SMILES string of the molecule is O=C(O)C1=C(S(=O)C(c2ccccc2)(c2ccccc2)c2ccccc2)CC2CC(=O)N12. The molecule has 0 spiro atoms. The van der Waals surface area contributed by atoms with E-state index in [1.54, 1.807) is 0 Å². The Balaban J connectivity index is 1.83. The van der Waals surface area contributed by atoms with Crippen molar-refractivity contribution in [3.8, 4) is 0 Å². The zero-order valence-electron chi connectivity index (χ0n) is 17.2. The molecule has 2 aliphatic rings. The molecular weight excluding hydrogens is 422 g/mol. The van der Waals surface area contributed by atoms with Crippen LogP contribution in [0.3, 0.4) is 0 Å². The van der Waals surface area contributed by atoms with Crippen LogP contribution in [0.15, 0.2) is 102 Å². The molecule has 160 valence electrons. The number of carboxylic acid groups (broad SMARTS) is 1. The maximum absolute atomic E-state index is 14.7. The Bertz CT molecular complexity index is 1140. The van der Waals surface area contributed by atoms with Crippen molar-refractivity contribution in [2.45, 2.75) is 23.6 Å². The summed E-state index contributed by atoms with van der Waals surface area (Å²) in [4.78, 5) is 26.0. The van der Waals surface area contributed by atoms with Crippen LogP contribution in [0.5, 0.6) is 0 Å². The highest BCUT2D eigenvalue weighted by molar-refractivity contribution is 7.90. The number of β-lactam (4-membered cyclic amide) rings is 1. The van der Waals surface area contributed by atoms with Crippen LogP contribution in [0, 0.1) is 0 Å². The smallest absolute Gasteiger partial charge is 0.353 e. The number of benzene rings is 3. The van der Waals surface area contributed by atoms with E-state index < -0.39 is 21.5 Å². The van der Waals surface area contributed by atoms with Gasteiger partial charge in [0.05, 0.1) is 21.7 Å². The van der Waals surface area contributed by atoms with Gasteiger partial charge in [0.1, 0.15) is 10.4 Å². The topological polar surface area (TPSA) is 74.7 Å². The van der Waals surface area contributed by atoms with E-state index in [4.69, 9.17) is 0 Å². The van der Waals surface area contributed by atoms with Crippen LogP contribution in [0.1, 0.15) is 29.5 Å². The molecule has 1 fully saturated rings. The lowest BCUT2D eigenvalue weighted by Crippen LogP contribution is -2.49. The molecule has 1 amide bonds. The van der Waals surface area contributed by atoms with Crippen LogP contribution in [0.25, 0.3) is 0 Å². The van der Waals surface area contributed by atoms with E-state index in [-0.39, 0.29) is 24.1 Å². The van der Waals surface area contributed by atoms with Crippen molar-refractivity contribution in [2.75, 3.05) is 0 Å². The number of amides is 1. The summed E-state index contributed by atoms with van der Waals surface area (Å²) >= 11 is 0. The normalized spacial score (nSPS) is 18.8. The minimum Gasteiger partial charge on any atom is -0.477 e. The molecule has 3 aromatic carbocycles. The van der Waals surface area contributed by atoms with Crippen LogP contribution in [-0.2, 0) is 25.1 Å². The Kier molecular flexibility index (Phi) is 5.02. The van der Waals surface area contributed by atoms with E-state index in [1.807, 2.05) is 91.0 Å². The first-order valence-corrected chi connectivity index (χ1v) is 11.6. The third kappa shape index (κ3) is 2.94. The summed E-state index contributed by atoms with van der Waals surface area (Å²) in [5, 5.41) is 9.96. The van der Waals surface area contributed by atoms with Gasteiger partial charge in [-0.1, -0.05) is 91.0 Å². The van der Waals surface area contributed by atoms with Crippen molar-refractivity contribution in [1.29, 1.82) is 0 Å². The molecule has 6 heteroatoms. The molecule has 0 aromatic heterocycles. The molecular formula is C26H21NO4S. The van der Waals surface area contributed by atoms with Gasteiger partial charge in [-0.25, -0.2) is 4.79 Å². The van der Waals surface area contributed by atoms with Gasteiger partial charge in [0.15, 0.2) is 0 Å². The molecule has 2 atom stereocenters. The summed E-state index contributed by atoms with van der Waals surface area (Å²) in [7, 11) is -1.81. The van der Waals surface area contributed by atoms with Crippen molar-refractivity contribution in [3.63, 3.8) is 0 Å². The number of hydrogen-bond donors (Lipinski definition) is 1. The summed E-state index contributed by atoms with van der Waals surface area (Å²) in [6, 6.07) is 28.4. The number of aliphatic carboxylic acids is 1. The maximum Gasteiger partial charge on any atom is 0.353 e. The third-order valence-corrected chi connectivity index (χ3v) is 8.29. The fourth-order valence-electron chi connectivity index (χ4n) is 4.81. The molecule has 32 heavy (non-hydrogen) atoms. The van der Waals surface area contributed by atoms with Gasteiger partial charge >= 0.3 is 5.97 Å². The van der Waals surface area contributed by atoms with Crippen LogP contribution in [0.2, 0.25) is 0 Å². The number of hydrogen-bond acceptors (Lipinski definition) is 3. The van der Waals surface area contributed by atoms with E-state index in [0.717, 1.165) is 16.7 Å². The lowest BCUT2D eigenvalue weighted by molar-refractivity contribution is -0.147. The van der Waals surface area contributed by atoms with Crippen molar-refractivity contribution in [3.05, 3.63) is 118 Å². The first kappa shape index (κ1) is 20.4. The number of rotatable bonds is 6. The van der Waals surface area contributed by atoms with Crippen LogP contribution in [-0.4, -0.2) is 32.1 Å². The van der Waals surface area contributed by atoms with E-state index in [9.17, 15) is 18.9 Å². The second-order valence-corrected chi connectivity index (χ2v) is 9.59. The molecule has 2 aliphatic heterocycles. The fraction of sp³-hybridized carbons (Fsp3) is 0.154. The molecule has 1 N–H and O–H groups in total. The van der Waals surface area contributed by atoms with Crippen LogP contribution < -0.4 is 0 Å². The molecule has 2 heterocycles. The summed E-state index contributed by atoms with van der Waals surface area (Å²) in [6.07, 6.45) is 0.584. The van der Waals surface area contributed by atoms with Crippen molar-refractivity contribution < 1.29 is 18.9 Å². The number of nitrogens with zero attached hydrogens (tertiary/aromatic N) is 1. The summed E-state index contributed by atoms with van der Waals surface area (Å²) in [5.74, 6) is -1.45. The highest BCUT2D eigenvalue weighted by atomic mass is 32.2. The van der Waals surface area contributed by atoms with Crippen LogP contribution >= 0.6 is 0 Å². The molecule has 0 bridgehead atoms. The Morgan fingerprint density at radius 1 is 0.812 bits per heavy atom. The van der Waals surface area contributed by atoms with Gasteiger partial charge in [-0.05, 0) is 16.7 Å². The highest BCUT2D eigenvalue weighted by Gasteiger charge is 2.53. The highest BCUT2D eigenvalue weighted by Crippen LogP contribution is 2.49. The minimum absolute atomic E-state index is 0.128. The predicted octanol–water partition coefficient (Wildman–Crippen LogP) is 4.03. The van der Waals surface area contributed by atoms with Crippen LogP contribution in [0.4, 0.5) is 0 Å². The second-order valence-electron chi connectivity index (χ2n) is 7.95. The van der Waals surface area contributed by atoms with Gasteiger partial charge in [-0.3, -0.25) is 9.00 Å². The Morgan fingerprint density at radius 2 is 1.25 bits per heavy atom. The third-order valence-electron chi connectivity index (χ3n) is 6.22. The summed E-state index contributed by atoms with van der Waals surface area (Å²) in [5.41, 5.74) is 2.27. The van der Waals surface area contributed by atoms with Crippen molar-refractivity contribution >= 4 is 22.7 Å². The fourth-order valence-corrected chi connectivity index (χ4v) is 6.93. The van der Waals surface area contributed by atoms with Crippen molar-refractivity contribution in [2.24, 2.45) is 0 Å². The first-order chi connectivity index (χ1) is 15.5. The largest absolute Gasteiger partial charge is 0.477 e. The average Bonchev–Trinajstić information content (AvgIpc) is 3.15. The zero-order chi connectivity index (χ0) is 22.3. The molecule has 5 nitrogen and oxygen atoms in total. The molecule has 3 aromatic rings. The van der Waals surface area contributed by atoms with Crippen molar-refractivity contribution in [1.82, 2.24) is 4.90 Å². The number of carbonyl (C=O) groups excluding carboxylic acids is 1. The Morgan fingerprint density at radius 3 is 1.62 bits per heavy atom. The van der Waals surface area contributed by atoms with E-state index in [1.165, 1.54) is 4.90 Å². The number of carbonyl (C=O) groups is 2. The van der Waals surface area contributed by atoms with E-state index in [2.05, 4.69) is 0 Å². The number of fused-ring (bicyclic) bond motifs is 1. The van der Waals surface area contributed by atoms with Gasteiger partial charge in [0.25, 0.3) is 0 Å². The van der Waals surface area contributed by atoms with Gasteiger partial charge in [0.2, 0.25) is 5.91 Å². The zero-order valence-corrected chi connectivity index (χ0v) is 18.0. The van der Waals surface area contributed by atoms with E-state index >= 15 is 0 Å². The molecule has 0 saturated carbocycles. The predicted molar refractivity (Wildman–Crippen MR) is 122 cm³/mol. The lowest BCUT2D eigenvalue weighted by atomic mass is 9.84. The minimum atomic E-state index is -1.81. The Labute approximate surface area is 188 Å². The molecule has 0 aliphatic carbocycles. The van der Waals surface area contributed by atoms with Gasteiger partial charge in [-0.15, -0.1) is 0 Å². The van der Waals surface area contributed by atoms with Gasteiger partial charge in [-0.2, -0.15) is 0 Å².